The van der Waals surface area contributed by atoms with Crippen molar-refractivity contribution in [2.75, 3.05) is 12.8 Å². The normalized spacial score (nSPS) is 10.7. The fraction of sp³-hybridized carbons (Fsp3) is 0.143. The van der Waals surface area contributed by atoms with E-state index in [-0.39, 0.29) is 0 Å². The molecule has 2 heterocycles. The van der Waals surface area contributed by atoms with Crippen molar-refractivity contribution < 1.29 is 4.74 Å². The molecule has 0 aliphatic rings. The largest absolute Gasteiger partial charge is 0.497 e. The van der Waals surface area contributed by atoms with Crippen LogP contribution in [0.15, 0.2) is 36.7 Å². The van der Waals surface area contributed by atoms with Crippen LogP contribution in [0.3, 0.4) is 0 Å². The van der Waals surface area contributed by atoms with E-state index in [4.69, 9.17) is 10.5 Å². The minimum atomic E-state index is 0.551. The first-order valence-corrected chi connectivity index (χ1v) is 6.89. The van der Waals surface area contributed by atoms with Gasteiger partial charge in [-0.25, -0.2) is 4.98 Å². The Morgan fingerprint density at radius 2 is 1.95 bits per heavy atom. The molecule has 6 heteroatoms. The lowest BCUT2D eigenvalue weighted by Gasteiger charge is -2.03. The first-order valence-electron chi connectivity index (χ1n) is 6.07. The van der Waals surface area contributed by atoms with Crippen LogP contribution in [-0.4, -0.2) is 21.9 Å². The molecule has 2 N–H and O–H groups in total. The van der Waals surface area contributed by atoms with Gasteiger partial charge >= 0.3 is 0 Å². The van der Waals surface area contributed by atoms with E-state index in [1.165, 1.54) is 11.3 Å². The van der Waals surface area contributed by atoms with Crippen molar-refractivity contribution in [2.45, 2.75) is 0 Å². The number of methoxy groups -OCH3 is 1. The summed E-state index contributed by atoms with van der Waals surface area (Å²) in [4.78, 5) is 5.46. The van der Waals surface area contributed by atoms with Crippen LogP contribution in [0.5, 0.6) is 5.75 Å². The predicted octanol–water partition coefficient (Wildman–Crippen LogP) is 2.80. The Hall–Kier alpha value is -2.34. The van der Waals surface area contributed by atoms with Crippen LogP contribution in [0.1, 0.15) is 0 Å². The number of nitrogens with zero attached hydrogens (tertiary/aromatic N) is 3. The van der Waals surface area contributed by atoms with Crippen molar-refractivity contribution in [1.82, 2.24) is 14.8 Å². The van der Waals surface area contributed by atoms with Crippen LogP contribution in [0.25, 0.3) is 21.7 Å². The highest BCUT2D eigenvalue weighted by Gasteiger charge is 2.15. The van der Waals surface area contributed by atoms with E-state index in [1.54, 1.807) is 18.0 Å². The Balaban J connectivity index is 2.09. The molecule has 3 rings (SSSR count). The first-order chi connectivity index (χ1) is 9.67. The van der Waals surface area contributed by atoms with Gasteiger partial charge in [0.15, 0.2) is 5.13 Å². The van der Waals surface area contributed by atoms with Crippen molar-refractivity contribution in [2.24, 2.45) is 7.05 Å². The van der Waals surface area contributed by atoms with E-state index < -0.39 is 0 Å². The van der Waals surface area contributed by atoms with Gasteiger partial charge in [0, 0.05) is 18.8 Å². The highest BCUT2D eigenvalue weighted by molar-refractivity contribution is 7.19. The number of aromatic nitrogens is 3. The third-order valence-corrected chi connectivity index (χ3v) is 3.91. The number of anilines is 1. The number of hydrogen-bond donors (Lipinski definition) is 1. The molecule has 0 fully saturated rings. The number of rotatable bonds is 3. The molecule has 2 aromatic heterocycles. The molecular weight excluding hydrogens is 272 g/mol. The maximum atomic E-state index is 5.87. The van der Waals surface area contributed by atoms with Crippen LogP contribution in [-0.2, 0) is 7.05 Å². The number of aryl methyl sites for hydroxylation is 1. The van der Waals surface area contributed by atoms with Gasteiger partial charge in [-0.15, -0.1) is 0 Å². The molecule has 0 amide bonds. The van der Waals surface area contributed by atoms with Gasteiger partial charge in [-0.1, -0.05) is 11.3 Å². The van der Waals surface area contributed by atoms with Crippen LogP contribution in [0.2, 0.25) is 0 Å². The zero-order chi connectivity index (χ0) is 14.1. The summed E-state index contributed by atoms with van der Waals surface area (Å²) in [7, 11) is 3.53. The number of nitrogens with two attached hydrogens (primary N) is 1. The van der Waals surface area contributed by atoms with E-state index in [2.05, 4.69) is 10.1 Å². The first kappa shape index (κ1) is 12.7. The Morgan fingerprint density at radius 1 is 1.20 bits per heavy atom. The molecule has 0 aliphatic heterocycles. The third kappa shape index (κ3) is 2.25. The highest BCUT2D eigenvalue weighted by atomic mass is 32.1. The standard InChI is InChI=1S/C14H14N4OS/c1-18-8-10(7-16-18)12-13(20-14(15)17-12)9-3-5-11(19-2)6-4-9/h3-8H,1-2H3,(H2,15,17). The van der Waals surface area contributed by atoms with E-state index >= 15 is 0 Å². The van der Waals surface area contributed by atoms with Crippen LogP contribution in [0, 0.1) is 0 Å². The number of nitrogen functional groups attached to an aromatic ring is 1. The second-order valence-corrected chi connectivity index (χ2v) is 5.39. The summed E-state index contributed by atoms with van der Waals surface area (Å²) < 4.78 is 6.93. The third-order valence-electron chi connectivity index (χ3n) is 2.97. The Labute approximate surface area is 120 Å². The monoisotopic (exact) mass is 286 g/mol. The lowest BCUT2D eigenvalue weighted by atomic mass is 10.1. The molecule has 1 aromatic carbocycles. The smallest absolute Gasteiger partial charge is 0.181 e. The zero-order valence-corrected chi connectivity index (χ0v) is 12.0. The SMILES string of the molecule is COc1ccc(-c2sc(N)nc2-c2cnn(C)c2)cc1. The lowest BCUT2D eigenvalue weighted by Crippen LogP contribution is -1.85. The van der Waals surface area contributed by atoms with Gasteiger partial charge in [0.25, 0.3) is 0 Å². The van der Waals surface area contributed by atoms with E-state index in [9.17, 15) is 0 Å². The highest BCUT2D eigenvalue weighted by Crippen LogP contribution is 2.38. The van der Waals surface area contributed by atoms with Crippen LogP contribution >= 0.6 is 11.3 Å². The summed E-state index contributed by atoms with van der Waals surface area (Å²) in [5, 5.41) is 4.74. The molecule has 102 valence electrons. The average molecular weight is 286 g/mol. The lowest BCUT2D eigenvalue weighted by molar-refractivity contribution is 0.415. The second kappa shape index (κ2) is 4.97. The van der Waals surface area contributed by atoms with Crippen molar-refractivity contribution in [3.05, 3.63) is 36.7 Å². The maximum absolute atomic E-state index is 5.87. The summed E-state index contributed by atoms with van der Waals surface area (Å²) >= 11 is 1.47. The molecule has 0 spiro atoms. The molecule has 3 aromatic rings. The molecule has 20 heavy (non-hydrogen) atoms. The summed E-state index contributed by atoms with van der Waals surface area (Å²) in [6.45, 7) is 0. The molecule has 0 radical (unpaired) electrons. The molecule has 0 bridgehead atoms. The molecule has 0 aliphatic carbocycles. The van der Waals surface area contributed by atoms with Gasteiger partial charge < -0.3 is 10.5 Å². The predicted molar refractivity (Wildman–Crippen MR) is 80.7 cm³/mol. The fourth-order valence-corrected chi connectivity index (χ4v) is 2.87. The molecule has 0 saturated carbocycles. The Kier molecular flexibility index (Phi) is 3.15. The summed E-state index contributed by atoms with van der Waals surface area (Å²) in [5.41, 5.74) is 8.77. The molecule has 0 atom stereocenters. The number of benzene rings is 1. The number of thiazole rings is 1. The van der Waals surface area contributed by atoms with E-state index in [0.29, 0.717) is 5.13 Å². The van der Waals surface area contributed by atoms with Gasteiger partial charge in [-0.2, -0.15) is 5.10 Å². The van der Waals surface area contributed by atoms with Crippen molar-refractivity contribution in [3.63, 3.8) is 0 Å². The number of hydrogen-bond acceptors (Lipinski definition) is 5. The summed E-state index contributed by atoms with van der Waals surface area (Å²) in [6, 6.07) is 7.87. The second-order valence-electron chi connectivity index (χ2n) is 4.36. The van der Waals surface area contributed by atoms with E-state index in [0.717, 1.165) is 27.4 Å². The summed E-state index contributed by atoms with van der Waals surface area (Å²) in [5.74, 6) is 0.828. The van der Waals surface area contributed by atoms with E-state index in [1.807, 2.05) is 37.5 Å². The van der Waals surface area contributed by atoms with Crippen molar-refractivity contribution >= 4 is 16.5 Å². The number of ether oxygens (including phenoxy) is 1. The van der Waals surface area contributed by atoms with Gasteiger partial charge in [-0.3, -0.25) is 4.68 Å². The van der Waals surface area contributed by atoms with Crippen molar-refractivity contribution in [1.29, 1.82) is 0 Å². The van der Waals surface area contributed by atoms with Gasteiger partial charge in [-0.05, 0) is 29.8 Å². The van der Waals surface area contributed by atoms with Crippen LogP contribution < -0.4 is 10.5 Å². The molecule has 0 saturated heterocycles. The molecular formula is C14H14N4OS. The summed E-state index contributed by atoms with van der Waals surface area (Å²) in [6.07, 6.45) is 3.73. The van der Waals surface area contributed by atoms with Gasteiger partial charge in [0.1, 0.15) is 5.75 Å². The minimum absolute atomic E-state index is 0.551. The Morgan fingerprint density at radius 3 is 2.55 bits per heavy atom. The fourth-order valence-electron chi connectivity index (χ4n) is 2.01. The molecule has 0 unspecified atom stereocenters. The topological polar surface area (TPSA) is 66.0 Å². The molecule has 5 nitrogen and oxygen atoms in total. The van der Waals surface area contributed by atoms with Crippen LogP contribution in [0.4, 0.5) is 5.13 Å². The quantitative estimate of drug-likeness (QED) is 0.804. The average Bonchev–Trinajstić information content (AvgIpc) is 3.05. The van der Waals surface area contributed by atoms with Gasteiger partial charge in [0.05, 0.1) is 23.9 Å². The minimum Gasteiger partial charge on any atom is -0.497 e. The van der Waals surface area contributed by atoms with Crippen molar-refractivity contribution in [3.8, 4) is 27.4 Å². The van der Waals surface area contributed by atoms with Gasteiger partial charge in [0.2, 0.25) is 0 Å². The Bertz CT molecular complexity index is 730. The maximum Gasteiger partial charge on any atom is 0.181 e. The zero-order valence-electron chi connectivity index (χ0n) is 11.2.